The van der Waals surface area contributed by atoms with Gasteiger partial charge in [0.1, 0.15) is 6.61 Å². The second kappa shape index (κ2) is 5.99. The molecule has 0 atom stereocenters. The van der Waals surface area contributed by atoms with Gasteiger partial charge < -0.3 is 9.47 Å². The van der Waals surface area contributed by atoms with Crippen LogP contribution in [0.4, 0.5) is 0 Å². The van der Waals surface area contributed by atoms with Gasteiger partial charge in [0.05, 0.1) is 18.7 Å². The lowest BCUT2D eigenvalue weighted by molar-refractivity contribution is 0.0320. The summed E-state index contributed by atoms with van der Waals surface area (Å²) in [6, 6.07) is 12.0. The normalized spacial score (nSPS) is 16.6. The van der Waals surface area contributed by atoms with Gasteiger partial charge in [-0.1, -0.05) is 18.2 Å². The molecule has 4 heteroatoms. The van der Waals surface area contributed by atoms with Crippen LogP contribution in [0, 0.1) is 0 Å². The summed E-state index contributed by atoms with van der Waals surface area (Å²) in [5.41, 5.74) is 0.978. The van der Waals surface area contributed by atoms with Crippen LogP contribution < -0.4 is 4.74 Å². The Morgan fingerprint density at radius 3 is 2.84 bits per heavy atom. The molecule has 0 radical (unpaired) electrons. The summed E-state index contributed by atoms with van der Waals surface area (Å²) in [6.45, 7) is 5.24. The van der Waals surface area contributed by atoms with Crippen LogP contribution in [0.25, 0.3) is 10.9 Å². The third-order valence-corrected chi connectivity index (χ3v) is 3.33. The summed E-state index contributed by atoms with van der Waals surface area (Å²) in [4.78, 5) is 6.84. The molecule has 0 bridgehead atoms. The minimum Gasteiger partial charge on any atom is -0.476 e. The van der Waals surface area contributed by atoms with Crippen LogP contribution in [-0.4, -0.2) is 49.3 Å². The summed E-state index contributed by atoms with van der Waals surface area (Å²) >= 11 is 0. The van der Waals surface area contributed by atoms with Crippen molar-refractivity contribution in [3.63, 3.8) is 0 Å². The molecule has 0 saturated carbocycles. The number of ether oxygens (including phenoxy) is 2. The summed E-state index contributed by atoms with van der Waals surface area (Å²) in [6.07, 6.45) is 0. The van der Waals surface area contributed by atoms with Crippen molar-refractivity contribution in [2.45, 2.75) is 0 Å². The molecule has 0 spiro atoms. The minimum atomic E-state index is 0.672. The number of aromatic nitrogens is 1. The molecule has 2 heterocycles. The first-order valence-electron chi connectivity index (χ1n) is 6.70. The molecule has 0 aliphatic carbocycles. The third kappa shape index (κ3) is 3.22. The summed E-state index contributed by atoms with van der Waals surface area (Å²) in [5, 5.41) is 1.14. The number of rotatable bonds is 4. The minimum absolute atomic E-state index is 0.672. The fourth-order valence-corrected chi connectivity index (χ4v) is 2.23. The highest BCUT2D eigenvalue weighted by Crippen LogP contribution is 2.15. The maximum atomic E-state index is 5.72. The number of nitrogens with zero attached hydrogens (tertiary/aromatic N) is 2. The number of pyridine rings is 1. The van der Waals surface area contributed by atoms with Crippen molar-refractivity contribution in [2.24, 2.45) is 0 Å². The maximum Gasteiger partial charge on any atom is 0.213 e. The molecule has 0 N–H and O–H groups in total. The largest absolute Gasteiger partial charge is 0.476 e. The lowest BCUT2D eigenvalue weighted by Crippen LogP contribution is -2.38. The highest BCUT2D eigenvalue weighted by molar-refractivity contribution is 5.78. The van der Waals surface area contributed by atoms with Crippen molar-refractivity contribution in [2.75, 3.05) is 39.5 Å². The van der Waals surface area contributed by atoms with Crippen LogP contribution in [0.5, 0.6) is 5.88 Å². The van der Waals surface area contributed by atoms with E-state index in [2.05, 4.69) is 16.0 Å². The number of fused-ring (bicyclic) bond motifs is 1. The quantitative estimate of drug-likeness (QED) is 0.839. The second-order valence-electron chi connectivity index (χ2n) is 4.64. The predicted octanol–water partition coefficient (Wildman–Crippen LogP) is 1.95. The van der Waals surface area contributed by atoms with E-state index in [9.17, 15) is 0 Å². The van der Waals surface area contributed by atoms with Crippen LogP contribution in [0.1, 0.15) is 0 Å². The Bertz CT molecular complexity index is 538. The van der Waals surface area contributed by atoms with Gasteiger partial charge in [0.2, 0.25) is 5.88 Å². The number of hydrogen-bond acceptors (Lipinski definition) is 4. The SMILES string of the molecule is c1ccc2nc(OCCN3CCOCC3)ccc2c1. The van der Waals surface area contributed by atoms with Crippen molar-refractivity contribution in [3.05, 3.63) is 36.4 Å². The summed E-state index contributed by atoms with van der Waals surface area (Å²) in [7, 11) is 0. The van der Waals surface area contributed by atoms with Gasteiger partial charge >= 0.3 is 0 Å². The van der Waals surface area contributed by atoms with Crippen molar-refractivity contribution in [3.8, 4) is 5.88 Å². The third-order valence-electron chi connectivity index (χ3n) is 3.33. The van der Waals surface area contributed by atoms with Gasteiger partial charge in [-0.25, -0.2) is 4.98 Å². The van der Waals surface area contributed by atoms with Crippen LogP contribution in [0.3, 0.4) is 0 Å². The van der Waals surface area contributed by atoms with Crippen molar-refractivity contribution < 1.29 is 9.47 Å². The van der Waals surface area contributed by atoms with E-state index in [0.29, 0.717) is 12.5 Å². The molecule has 0 amide bonds. The zero-order valence-electron chi connectivity index (χ0n) is 10.9. The molecule has 1 aromatic heterocycles. The van der Waals surface area contributed by atoms with E-state index in [1.54, 1.807) is 0 Å². The lowest BCUT2D eigenvalue weighted by atomic mass is 10.2. The Kier molecular flexibility index (Phi) is 3.91. The monoisotopic (exact) mass is 258 g/mol. The van der Waals surface area contributed by atoms with Crippen molar-refractivity contribution >= 4 is 10.9 Å². The molecule has 1 aromatic carbocycles. The summed E-state index contributed by atoms with van der Waals surface area (Å²) < 4.78 is 11.0. The first-order chi connectivity index (χ1) is 9.42. The van der Waals surface area contributed by atoms with Gasteiger partial charge in [0.15, 0.2) is 0 Å². The van der Waals surface area contributed by atoms with E-state index < -0.39 is 0 Å². The molecule has 4 nitrogen and oxygen atoms in total. The first kappa shape index (κ1) is 12.4. The molecule has 1 aliphatic heterocycles. The number of para-hydroxylation sites is 1. The molecule has 1 saturated heterocycles. The van der Waals surface area contributed by atoms with Crippen LogP contribution in [0.2, 0.25) is 0 Å². The van der Waals surface area contributed by atoms with Gasteiger partial charge in [-0.05, 0) is 12.1 Å². The Hall–Kier alpha value is -1.65. The molecule has 100 valence electrons. The molecule has 0 unspecified atom stereocenters. The van der Waals surface area contributed by atoms with E-state index in [4.69, 9.17) is 9.47 Å². The van der Waals surface area contributed by atoms with Gasteiger partial charge in [0, 0.05) is 31.1 Å². The van der Waals surface area contributed by atoms with E-state index >= 15 is 0 Å². The maximum absolute atomic E-state index is 5.72. The van der Waals surface area contributed by atoms with Crippen molar-refractivity contribution in [1.82, 2.24) is 9.88 Å². The molecule has 3 rings (SSSR count). The highest BCUT2D eigenvalue weighted by Gasteiger charge is 2.09. The lowest BCUT2D eigenvalue weighted by Gasteiger charge is -2.26. The average Bonchev–Trinajstić information content (AvgIpc) is 2.48. The molecule has 1 fully saturated rings. The number of morpholine rings is 1. The molecule has 19 heavy (non-hydrogen) atoms. The molecule has 2 aromatic rings. The Morgan fingerprint density at radius 1 is 1.11 bits per heavy atom. The smallest absolute Gasteiger partial charge is 0.213 e. The van der Waals surface area contributed by atoms with Crippen molar-refractivity contribution in [1.29, 1.82) is 0 Å². The highest BCUT2D eigenvalue weighted by atomic mass is 16.5. The number of hydrogen-bond donors (Lipinski definition) is 0. The Labute approximate surface area is 113 Å². The van der Waals surface area contributed by atoms with E-state index in [0.717, 1.165) is 43.8 Å². The first-order valence-corrected chi connectivity index (χ1v) is 6.70. The fraction of sp³-hybridized carbons (Fsp3) is 0.400. The van der Waals surface area contributed by atoms with Crippen LogP contribution in [-0.2, 0) is 4.74 Å². The fourth-order valence-electron chi connectivity index (χ4n) is 2.23. The Morgan fingerprint density at radius 2 is 1.95 bits per heavy atom. The molecular formula is C15H18N2O2. The standard InChI is InChI=1S/C15H18N2O2/c1-2-4-14-13(3-1)5-6-15(16-14)19-12-9-17-7-10-18-11-8-17/h1-6H,7-12H2. The van der Waals surface area contributed by atoms with E-state index in [1.807, 2.05) is 30.3 Å². The van der Waals surface area contributed by atoms with Gasteiger partial charge in [0.25, 0.3) is 0 Å². The van der Waals surface area contributed by atoms with E-state index in [-0.39, 0.29) is 0 Å². The van der Waals surface area contributed by atoms with E-state index in [1.165, 1.54) is 0 Å². The van der Waals surface area contributed by atoms with Gasteiger partial charge in [-0.2, -0.15) is 0 Å². The average molecular weight is 258 g/mol. The predicted molar refractivity (Wildman–Crippen MR) is 74.5 cm³/mol. The Balaban J connectivity index is 1.56. The molecule has 1 aliphatic rings. The molecular weight excluding hydrogens is 240 g/mol. The van der Waals surface area contributed by atoms with Crippen LogP contribution in [0.15, 0.2) is 36.4 Å². The topological polar surface area (TPSA) is 34.6 Å². The zero-order chi connectivity index (χ0) is 12.9. The van der Waals surface area contributed by atoms with Gasteiger partial charge in [-0.15, -0.1) is 0 Å². The zero-order valence-corrected chi connectivity index (χ0v) is 10.9. The number of benzene rings is 1. The van der Waals surface area contributed by atoms with Crippen LogP contribution >= 0.6 is 0 Å². The second-order valence-corrected chi connectivity index (χ2v) is 4.64. The summed E-state index contributed by atoms with van der Waals surface area (Å²) in [5.74, 6) is 0.701. The van der Waals surface area contributed by atoms with Gasteiger partial charge in [-0.3, -0.25) is 4.90 Å².